The third-order valence-corrected chi connectivity index (χ3v) is 5.46. The second kappa shape index (κ2) is 4.85. The summed E-state index contributed by atoms with van der Waals surface area (Å²) in [5, 5.41) is 0. The molecule has 2 aliphatic rings. The van der Waals surface area contributed by atoms with Gasteiger partial charge >= 0.3 is 0 Å². The standard InChI is InChI=1S/C22H20N2O/c1-4-14-10-11-18-17(13-14)24-20-15(7-5-9-19(20)25-18)22(2,3)16-8-6-12-23-21(16)24/h5-13H,4H2,1-3H3. The van der Waals surface area contributed by atoms with Gasteiger partial charge in [0.05, 0.1) is 11.4 Å². The Bertz CT molecular complexity index is 1010. The normalized spacial score (nSPS) is 15.7. The molecule has 3 aromatic rings. The minimum Gasteiger partial charge on any atom is -0.453 e. The van der Waals surface area contributed by atoms with Crippen LogP contribution in [0, 0.1) is 0 Å². The summed E-state index contributed by atoms with van der Waals surface area (Å²) in [6.45, 7) is 6.70. The highest BCUT2D eigenvalue weighted by Gasteiger charge is 2.42. The second-order valence-corrected chi connectivity index (χ2v) is 7.24. The van der Waals surface area contributed by atoms with Crippen molar-refractivity contribution in [2.75, 3.05) is 4.90 Å². The Hall–Kier alpha value is -2.81. The molecule has 2 aromatic carbocycles. The molecule has 3 nitrogen and oxygen atoms in total. The topological polar surface area (TPSA) is 25.4 Å². The van der Waals surface area contributed by atoms with Crippen LogP contribution in [0.4, 0.5) is 17.2 Å². The zero-order valence-electron chi connectivity index (χ0n) is 14.7. The van der Waals surface area contributed by atoms with E-state index in [2.05, 4.69) is 62.1 Å². The predicted octanol–water partition coefficient (Wildman–Crippen LogP) is 5.86. The number of nitrogens with zero attached hydrogens (tertiary/aromatic N) is 2. The van der Waals surface area contributed by atoms with E-state index < -0.39 is 0 Å². The highest BCUT2D eigenvalue weighted by Crippen LogP contribution is 2.58. The monoisotopic (exact) mass is 328 g/mol. The summed E-state index contributed by atoms with van der Waals surface area (Å²) < 4.78 is 6.26. The number of benzene rings is 2. The Labute approximate surface area is 147 Å². The summed E-state index contributed by atoms with van der Waals surface area (Å²) in [5.41, 5.74) is 5.90. The maximum Gasteiger partial charge on any atom is 0.151 e. The van der Waals surface area contributed by atoms with E-state index in [9.17, 15) is 0 Å². The van der Waals surface area contributed by atoms with Gasteiger partial charge in [0.2, 0.25) is 0 Å². The number of pyridine rings is 1. The minimum atomic E-state index is -0.116. The van der Waals surface area contributed by atoms with E-state index in [4.69, 9.17) is 9.72 Å². The van der Waals surface area contributed by atoms with E-state index in [1.54, 1.807) is 0 Å². The maximum atomic E-state index is 6.26. The van der Waals surface area contributed by atoms with Crippen molar-refractivity contribution in [2.45, 2.75) is 32.6 Å². The van der Waals surface area contributed by atoms with Crippen LogP contribution in [0.25, 0.3) is 0 Å². The van der Waals surface area contributed by atoms with Gasteiger partial charge in [-0.15, -0.1) is 0 Å². The summed E-state index contributed by atoms with van der Waals surface area (Å²) >= 11 is 0. The molecule has 2 aliphatic heterocycles. The lowest BCUT2D eigenvalue weighted by atomic mass is 9.74. The summed E-state index contributed by atoms with van der Waals surface area (Å²) in [7, 11) is 0. The Balaban J connectivity index is 1.88. The van der Waals surface area contributed by atoms with Crippen molar-refractivity contribution in [2.24, 2.45) is 0 Å². The van der Waals surface area contributed by atoms with Crippen LogP contribution in [-0.2, 0) is 11.8 Å². The molecule has 0 saturated carbocycles. The molecule has 0 radical (unpaired) electrons. The van der Waals surface area contributed by atoms with E-state index in [1.165, 1.54) is 16.7 Å². The summed E-state index contributed by atoms with van der Waals surface area (Å²) in [6, 6.07) is 17.0. The summed E-state index contributed by atoms with van der Waals surface area (Å²) in [6.07, 6.45) is 2.87. The first kappa shape index (κ1) is 14.5. The first-order chi connectivity index (χ1) is 12.1. The smallest absolute Gasteiger partial charge is 0.151 e. The molecule has 0 fully saturated rings. The van der Waals surface area contributed by atoms with E-state index in [-0.39, 0.29) is 5.41 Å². The molecule has 1 aromatic heterocycles. The third kappa shape index (κ3) is 1.84. The van der Waals surface area contributed by atoms with Gasteiger partial charge in [-0.1, -0.05) is 45.0 Å². The van der Waals surface area contributed by atoms with Crippen LogP contribution in [0.2, 0.25) is 0 Å². The van der Waals surface area contributed by atoms with Crippen molar-refractivity contribution in [3.8, 4) is 11.5 Å². The first-order valence-corrected chi connectivity index (χ1v) is 8.81. The van der Waals surface area contributed by atoms with Crippen molar-refractivity contribution in [1.82, 2.24) is 4.98 Å². The largest absolute Gasteiger partial charge is 0.453 e. The number of aryl methyl sites for hydroxylation is 1. The molecular weight excluding hydrogens is 308 g/mol. The van der Waals surface area contributed by atoms with Gasteiger partial charge in [-0.05, 0) is 41.8 Å². The van der Waals surface area contributed by atoms with Crippen LogP contribution < -0.4 is 9.64 Å². The van der Waals surface area contributed by atoms with Gasteiger partial charge in [-0.2, -0.15) is 0 Å². The quantitative estimate of drug-likeness (QED) is 0.437. The van der Waals surface area contributed by atoms with Gasteiger partial charge < -0.3 is 4.74 Å². The van der Waals surface area contributed by atoms with E-state index in [0.717, 1.165) is 35.1 Å². The van der Waals surface area contributed by atoms with Crippen LogP contribution in [0.3, 0.4) is 0 Å². The fraction of sp³-hybridized carbons (Fsp3) is 0.227. The molecule has 0 aliphatic carbocycles. The molecule has 25 heavy (non-hydrogen) atoms. The number of hydrogen-bond donors (Lipinski definition) is 0. The number of ether oxygens (including phenoxy) is 1. The average Bonchev–Trinajstić information content (AvgIpc) is 2.64. The first-order valence-electron chi connectivity index (χ1n) is 8.81. The van der Waals surface area contributed by atoms with Crippen LogP contribution in [-0.4, -0.2) is 4.98 Å². The number of rotatable bonds is 1. The molecule has 0 atom stereocenters. The van der Waals surface area contributed by atoms with Crippen molar-refractivity contribution < 1.29 is 4.74 Å². The molecule has 3 heteroatoms. The molecule has 0 bridgehead atoms. The second-order valence-electron chi connectivity index (χ2n) is 7.24. The number of hydrogen-bond acceptors (Lipinski definition) is 3. The van der Waals surface area contributed by atoms with Crippen molar-refractivity contribution >= 4 is 17.2 Å². The molecule has 0 spiro atoms. The lowest BCUT2D eigenvalue weighted by molar-refractivity contribution is 0.470. The molecule has 0 saturated heterocycles. The molecule has 5 rings (SSSR count). The third-order valence-electron chi connectivity index (χ3n) is 5.46. The van der Waals surface area contributed by atoms with E-state index >= 15 is 0 Å². The Kier molecular flexibility index (Phi) is 2.82. The van der Waals surface area contributed by atoms with Crippen molar-refractivity contribution in [1.29, 1.82) is 0 Å². The van der Waals surface area contributed by atoms with Gasteiger partial charge in [0.25, 0.3) is 0 Å². The van der Waals surface area contributed by atoms with Gasteiger partial charge in [-0.25, -0.2) is 4.98 Å². The predicted molar refractivity (Wildman–Crippen MR) is 101 cm³/mol. The van der Waals surface area contributed by atoms with Crippen molar-refractivity contribution in [3.63, 3.8) is 0 Å². The maximum absolute atomic E-state index is 6.26. The Morgan fingerprint density at radius 2 is 1.84 bits per heavy atom. The van der Waals surface area contributed by atoms with Gasteiger partial charge in [0, 0.05) is 17.2 Å². The highest BCUT2D eigenvalue weighted by molar-refractivity contribution is 5.91. The SMILES string of the molecule is CCc1ccc2c(c1)N1c3ncccc3C(C)(C)c3cccc(c31)O2. The summed E-state index contributed by atoms with van der Waals surface area (Å²) in [4.78, 5) is 7.05. The fourth-order valence-corrected chi connectivity index (χ4v) is 4.05. The van der Waals surface area contributed by atoms with Gasteiger partial charge in [0.15, 0.2) is 11.5 Å². The Morgan fingerprint density at radius 3 is 2.68 bits per heavy atom. The number of anilines is 3. The molecule has 3 heterocycles. The van der Waals surface area contributed by atoms with Crippen LogP contribution in [0.15, 0.2) is 54.7 Å². The van der Waals surface area contributed by atoms with Crippen LogP contribution in [0.5, 0.6) is 11.5 Å². The fourth-order valence-electron chi connectivity index (χ4n) is 4.05. The lowest BCUT2D eigenvalue weighted by Gasteiger charge is -2.43. The van der Waals surface area contributed by atoms with Crippen LogP contribution in [0.1, 0.15) is 37.5 Å². The molecule has 124 valence electrons. The van der Waals surface area contributed by atoms with E-state index in [1.807, 2.05) is 18.3 Å². The zero-order chi connectivity index (χ0) is 17.2. The zero-order valence-corrected chi connectivity index (χ0v) is 14.7. The molecule has 0 N–H and O–H groups in total. The molecule has 0 amide bonds. The molecular formula is C22H20N2O. The number of fused-ring (bicyclic) bond motifs is 4. The van der Waals surface area contributed by atoms with Gasteiger partial charge in [-0.3, -0.25) is 4.90 Å². The highest BCUT2D eigenvalue weighted by atomic mass is 16.5. The van der Waals surface area contributed by atoms with Crippen LogP contribution >= 0.6 is 0 Å². The molecule has 0 unspecified atom stereocenters. The lowest BCUT2D eigenvalue weighted by Crippen LogP contribution is -2.33. The Morgan fingerprint density at radius 1 is 1.00 bits per heavy atom. The number of aromatic nitrogens is 1. The average molecular weight is 328 g/mol. The number of para-hydroxylation sites is 1. The van der Waals surface area contributed by atoms with Crippen molar-refractivity contribution in [3.05, 3.63) is 71.4 Å². The van der Waals surface area contributed by atoms with E-state index in [0.29, 0.717) is 0 Å². The van der Waals surface area contributed by atoms with Gasteiger partial charge in [0.1, 0.15) is 5.82 Å². The minimum absolute atomic E-state index is 0.116. The summed E-state index contributed by atoms with van der Waals surface area (Å²) in [5.74, 6) is 2.79.